The summed E-state index contributed by atoms with van der Waals surface area (Å²) in [6.45, 7) is 2.38. The Balaban J connectivity index is 1.52. The molecule has 5 nitrogen and oxygen atoms in total. The van der Waals surface area contributed by atoms with Gasteiger partial charge in [-0.25, -0.2) is 4.39 Å². The third-order valence-electron chi connectivity index (χ3n) is 3.78. The number of aliphatic imine (C=N–C) groups is 1. The number of benzene rings is 2. The number of morpholine rings is 1. The molecule has 0 spiro atoms. The second-order valence-electron chi connectivity index (χ2n) is 5.59. The van der Waals surface area contributed by atoms with Crippen LogP contribution in [0.1, 0.15) is 5.56 Å². The van der Waals surface area contributed by atoms with Gasteiger partial charge >= 0.3 is 0 Å². The highest BCUT2D eigenvalue weighted by molar-refractivity contribution is 5.82. The van der Waals surface area contributed by atoms with E-state index in [1.165, 1.54) is 12.1 Å². The molecule has 0 unspecified atom stereocenters. The number of halogens is 1. The second-order valence-corrected chi connectivity index (χ2v) is 5.59. The first-order valence-corrected chi connectivity index (χ1v) is 8.09. The van der Waals surface area contributed by atoms with Crippen LogP contribution >= 0.6 is 0 Å². The molecular formula is C19H19FN2O3. The number of nitrogens with zero attached hydrogens (tertiary/aromatic N) is 2. The molecule has 0 atom stereocenters. The normalized spacial score (nSPS) is 14.7. The van der Waals surface area contributed by atoms with Gasteiger partial charge in [-0.15, -0.1) is 0 Å². The molecule has 0 N–H and O–H groups in total. The van der Waals surface area contributed by atoms with Crippen LogP contribution in [0.5, 0.6) is 5.75 Å². The molecule has 1 fully saturated rings. The van der Waals surface area contributed by atoms with Gasteiger partial charge in [0.1, 0.15) is 11.6 Å². The lowest BCUT2D eigenvalue weighted by Gasteiger charge is -2.26. The van der Waals surface area contributed by atoms with Crippen molar-refractivity contribution in [1.29, 1.82) is 0 Å². The SMILES string of the molecule is O=C(COc1ccc(C=Nc2cccc(F)c2)cc1)N1CCOCC1. The summed E-state index contributed by atoms with van der Waals surface area (Å²) in [5, 5.41) is 0. The zero-order valence-corrected chi connectivity index (χ0v) is 13.7. The van der Waals surface area contributed by atoms with E-state index in [1.807, 2.05) is 12.1 Å². The predicted octanol–water partition coefficient (Wildman–Crippen LogP) is 2.81. The lowest BCUT2D eigenvalue weighted by Crippen LogP contribution is -2.42. The Hall–Kier alpha value is -2.73. The molecule has 0 radical (unpaired) electrons. The number of carbonyl (C=O) groups excluding carboxylic acids is 1. The second kappa shape index (κ2) is 8.39. The molecule has 0 bridgehead atoms. The minimum Gasteiger partial charge on any atom is -0.484 e. The summed E-state index contributed by atoms with van der Waals surface area (Å²) in [5.74, 6) is 0.257. The molecule has 1 saturated heterocycles. The molecular weight excluding hydrogens is 323 g/mol. The van der Waals surface area contributed by atoms with Gasteiger partial charge in [-0.1, -0.05) is 6.07 Å². The van der Waals surface area contributed by atoms with Crippen LogP contribution in [0.15, 0.2) is 53.5 Å². The van der Waals surface area contributed by atoms with E-state index < -0.39 is 0 Å². The maximum atomic E-state index is 13.1. The van der Waals surface area contributed by atoms with Gasteiger partial charge in [-0.2, -0.15) is 0 Å². The summed E-state index contributed by atoms with van der Waals surface area (Å²) in [7, 11) is 0. The average molecular weight is 342 g/mol. The molecule has 1 amide bonds. The van der Waals surface area contributed by atoms with Gasteiger partial charge in [0.25, 0.3) is 5.91 Å². The number of carbonyl (C=O) groups is 1. The van der Waals surface area contributed by atoms with Crippen molar-refractivity contribution in [2.45, 2.75) is 0 Å². The van der Waals surface area contributed by atoms with Crippen LogP contribution in [0, 0.1) is 5.82 Å². The van der Waals surface area contributed by atoms with E-state index in [9.17, 15) is 9.18 Å². The summed E-state index contributed by atoms with van der Waals surface area (Å²) >= 11 is 0. The lowest BCUT2D eigenvalue weighted by atomic mass is 10.2. The molecule has 0 aromatic heterocycles. The van der Waals surface area contributed by atoms with Crippen molar-refractivity contribution in [2.24, 2.45) is 4.99 Å². The van der Waals surface area contributed by atoms with Crippen LogP contribution in [0.25, 0.3) is 0 Å². The van der Waals surface area contributed by atoms with Gasteiger partial charge in [0.05, 0.1) is 18.9 Å². The zero-order chi connectivity index (χ0) is 17.5. The molecule has 2 aromatic rings. The van der Waals surface area contributed by atoms with E-state index in [0.717, 1.165) is 5.56 Å². The van der Waals surface area contributed by atoms with Crippen molar-refractivity contribution < 1.29 is 18.7 Å². The van der Waals surface area contributed by atoms with Crippen LogP contribution < -0.4 is 4.74 Å². The largest absolute Gasteiger partial charge is 0.484 e. The fourth-order valence-electron chi connectivity index (χ4n) is 2.40. The fourth-order valence-corrected chi connectivity index (χ4v) is 2.40. The molecule has 1 aliphatic heterocycles. The van der Waals surface area contributed by atoms with Crippen molar-refractivity contribution in [2.75, 3.05) is 32.9 Å². The molecule has 3 rings (SSSR count). The fraction of sp³-hybridized carbons (Fsp3) is 0.263. The summed E-state index contributed by atoms with van der Waals surface area (Å²) < 4.78 is 23.8. The number of ether oxygens (including phenoxy) is 2. The minimum atomic E-state index is -0.316. The lowest BCUT2D eigenvalue weighted by molar-refractivity contribution is -0.137. The summed E-state index contributed by atoms with van der Waals surface area (Å²) in [6, 6.07) is 13.3. The summed E-state index contributed by atoms with van der Waals surface area (Å²) in [4.78, 5) is 18.0. The number of hydrogen-bond donors (Lipinski definition) is 0. The van der Waals surface area contributed by atoms with E-state index in [2.05, 4.69) is 4.99 Å². The van der Waals surface area contributed by atoms with Crippen LogP contribution in [0.4, 0.5) is 10.1 Å². The number of amides is 1. The van der Waals surface area contributed by atoms with Crippen molar-refractivity contribution in [3.63, 3.8) is 0 Å². The Bertz CT molecular complexity index is 741. The highest BCUT2D eigenvalue weighted by Crippen LogP contribution is 2.15. The average Bonchev–Trinajstić information content (AvgIpc) is 2.66. The van der Waals surface area contributed by atoms with E-state index in [0.29, 0.717) is 37.7 Å². The molecule has 1 heterocycles. The van der Waals surface area contributed by atoms with E-state index in [4.69, 9.17) is 9.47 Å². The third-order valence-corrected chi connectivity index (χ3v) is 3.78. The van der Waals surface area contributed by atoms with Crippen LogP contribution in [-0.4, -0.2) is 49.9 Å². The minimum absolute atomic E-state index is 0.0106. The highest BCUT2D eigenvalue weighted by atomic mass is 19.1. The molecule has 0 aliphatic carbocycles. The number of rotatable bonds is 5. The molecule has 2 aromatic carbocycles. The van der Waals surface area contributed by atoms with Gasteiger partial charge < -0.3 is 14.4 Å². The molecule has 25 heavy (non-hydrogen) atoms. The van der Waals surface area contributed by atoms with E-state index in [-0.39, 0.29) is 18.3 Å². The first kappa shape index (κ1) is 17.1. The molecule has 0 saturated carbocycles. The number of hydrogen-bond acceptors (Lipinski definition) is 4. The van der Waals surface area contributed by atoms with E-state index >= 15 is 0 Å². The molecule has 130 valence electrons. The Labute approximate surface area is 145 Å². The standard InChI is InChI=1S/C19H19FN2O3/c20-16-2-1-3-17(12-16)21-13-15-4-6-18(7-5-15)25-14-19(23)22-8-10-24-11-9-22/h1-7,12-13H,8-11,14H2. The van der Waals surface area contributed by atoms with Crippen LogP contribution in [0.2, 0.25) is 0 Å². The first-order chi connectivity index (χ1) is 12.2. The van der Waals surface area contributed by atoms with Gasteiger partial charge in [0.2, 0.25) is 0 Å². The van der Waals surface area contributed by atoms with Crippen molar-refractivity contribution in [3.05, 3.63) is 59.9 Å². The zero-order valence-electron chi connectivity index (χ0n) is 13.7. The summed E-state index contributed by atoms with van der Waals surface area (Å²) in [6.07, 6.45) is 1.65. The third kappa shape index (κ3) is 5.12. The Morgan fingerprint density at radius 1 is 1.20 bits per heavy atom. The Morgan fingerprint density at radius 3 is 2.68 bits per heavy atom. The van der Waals surface area contributed by atoms with Crippen molar-refractivity contribution >= 4 is 17.8 Å². The van der Waals surface area contributed by atoms with Gasteiger partial charge in [-0.05, 0) is 48.0 Å². The molecule has 1 aliphatic rings. The Kier molecular flexibility index (Phi) is 5.74. The van der Waals surface area contributed by atoms with Crippen molar-refractivity contribution in [3.8, 4) is 5.75 Å². The van der Waals surface area contributed by atoms with Crippen LogP contribution in [-0.2, 0) is 9.53 Å². The predicted molar refractivity (Wildman–Crippen MR) is 93.0 cm³/mol. The van der Waals surface area contributed by atoms with Crippen molar-refractivity contribution in [1.82, 2.24) is 4.90 Å². The van der Waals surface area contributed by atoms with Gasteiger partial charge in [-0.3, -0.25) is 9.79 Å². The monoisotopic (exact) mass is 342 g/mol. The Morgan fingerprint density at radius 2 is 1.96 bits per heavy atom. The quantitative estimate of drug-likeness (QED) is 0.785. The smallest absolute Gasteiger partial charge is 0.260 e. The maximum absolute atomic E-state index is 13.1. The first-order valence-electron chi connectivity index (χ1n) is 8.09. The van der Waals surface area contributed by atoms with Crippen LogP contribution in [0.3, 0.4) is 0 Å². The topological polar surface area (TPSA) is 51.1 Å². The molecule has 6 heteroatoms. The maximum Gasteiger partial charge on any atom is 0.260 e. The van der Waals surface area contributed by atoms with Gasteiger partial charge in [0, 0.05) is 19.3 Å². The van der Waals surface area contributed by atoms with Gasteiger partial charge in [0.15, 0.2) is 6.61 Å². The highest BCUT2D eigenvalue weighted by Gasteiger charge is 2.16. The summed E-state index contributed by atoms with van der Waals surface area (Å²) in [5.41, 5.74) is 1.41. The van der Waals surface area contributed by atoms with E-state index in [1.54, 1.807) is 35.4 Å².